The highest BCUT2D eigenvalue weighted by Crippen LogP contribution is 2.13. The van der Waals surface area contributed by atoms with Crippen LogP contribution < -0.4 is 5.32 Å². The fourth-order valence-electron chi connectivity index (χ4n) is 1.95. The van der Waals surface area contributed by atoms with E-state index in [1.54, 1.807) is 7.11 Å². The topological polar surface area (TPSA) is 24.5 Å². The monoisotopic (exact) mass is 244 g/mol. The summed E-state index contributed by atoms with van der Waals surface area (Å²) in [6.45, 7) is 15.2. The lowest BCUT2D eigenvalue weighted by Gasteiger charge is -2.37. The minimum atomic E-state index is 0.179. The summed E-state index contributed by atoms with van der Waals surface area (Å²) in [5.74, 6) is 0.633. The van der Waals surface area contributed by atoms with Crippen LogP contribution in [0.4, 0.5) is 0 Å². The van der Waals surface area contributed by atoms with Gasteiger partial charge in [0, 0.05) is 31.3 Å². The lowest BCUT2D eigenvalue weighted by Crippen LogP contribution is -2.51. The Kier molecular flexibility index (Phi) is 7.29. The van der Waals surface area contributed by atoms with E-state index in [9.17, 15) is 0 Å². The van der Waals surface area contributed by atoms with Crippen molar-refractivity contribution in [2.45, 2.75) is 59.2 Å². The van der Waals surface area contributed by atoms with Crippen molar-refractivity contribution in [3.8, 4) is 0 Å². The van der Waals surface area contributed by atoms with Crippen LogP contribution in [0.2, 0.25) is 0 Å². The van der Waals surface area contributed by atoms with Gasteiger partial charge in [0.25, 0.3) is 0 Å². The Morgan fingerprint density at radius 3 is 2.06 bits per heavy atom. The maximum atomic E-state index is 5.24. The van der Waals surface area contributed by atoms with Gasteiger partial charge in [-0.3, -0.25) is 4.90 Å². The number of methoxy groups -OCH3 is 1. The molecule has 2 unspecified atom stereocenters. The molecule has 0 spiro atoms. The summed E-state index contributed by atoms with van der Waals surface area (Å²) >= 11 is 0. The van der Waals surface area contributed by atoms with Crippen molar-refractivity contribution < 1.29 is 4.74 Å². The third-order valence-corrected chi connectivity index (χ3v) is 3.24. The molecular weight excluding hydrogens is 212 g/mol. The van der Waals surface area contributed by atoms with E-state index in [1.165, 1.54) is 0 Å². The summed E-state index contributed by atoms with van der Waals surface area (Å²) in [4.78, 5) is 2.42. The number of likely N-dealkylation sites (N-methyl/N-ethyl adjacent to an activating group) is 1. The molecule has 0 aliphatic rings. The zero-order chi connectivity index (χ0) is 13.6. The van der Waals surface area contributed by atoms with Crippen LogP contribution in [0.25, 0.3) is 0 Å². The Hall–Kier alpha value is -0.120. The van der Waals surface area contributed by atoms with Gasteiger partial charge in [-0.2, -0.15) is 0 Å². The molecule has 3 nitrogen and oxygen atoms in total. The van der Waals surface area contributed by atoms with Crippen molar-refractivity contribution in [2.24, 2.45) is 5.92 Å². The standard InChI is InChI=1S/C14H32N2O/c1-11(2)13(9-15-14(4,5)6)16(7)12(3)10-17-8/h11-13,15H,9-10H2,1-8H3. The molecule has 0 saturated heterocycles. The molecular formula is C14H32N2O. The summed E-state index contributed by atoms with van der Waals surface area (Å²) in [5, 5.41) is 3.60. The summed E-state index contributed by atoms with van der Waals surface area (Å²) in [6, 6.07) is 0.994. The van der Waals surface area contributed by atoms with Crippen molar-refractivity contribution in [1.29, 1.82) is 0 Å². The average Bonchev–Trinajstić information content (AvgIpc) is 2.15. The average molecular weight is 244 g/mol. The molecule has 104 valence electrons. The zero-order valence-corrected chi connectivity index (χ0v) is 13.0. The second-order valence-electron chi connectivity index (χ2n) is 6.41. The largest absolute Gasteiger partial charge is 0.383 e. The van der Waals surface area contributed by atoms with Gasteiger partial charge in [-0.1, -0.05) is 13.8 Å². The summed E-state index contributed by atoms with van der Waals surface area (Å²) < 4.78 is 5.24. The lowest BCUT2D eigenvalue weighted by molar-refractivity contribution is 0.0704. The van der Waals surface area contributed by atoms with Crippen molar-refractivity contribution in [1.82, 2.24) is 10.2 Å². The van der Waals surface area contributed by atoms with Gasteiger partial charge in [0.15, 0.2) is 0 Å². The van der Waals surface area contributed by atoms with Gasteiger partial charge in [0.05, 0.1) is 6.61 Å². The van der Waals surface area contributed by atoms with Gasteiger partial charge in [-0.05, 0) is 40.7 Å². The molecule has 0 radical (unpaired) electrons. The van der Waals surface area contributed by atoms with Crippen LogP contribution in [0.3, 0.4) is 0 Å². The maximum absolute atomic E-state index is 5.24. The molecule has 0 aromatic heterocycles. The molecule has 0 saturated carbocycles. The van der Waals surface area contributed by atoms with E-state index in [-0.39, 0.29) is 5.54 Å². The van der Waals surface area contributed by atoms with E-state index in [0.29, 0.717) is 18.0 Å². The van der Waals surface area contributed by atoms with Crippen molar-refractivity contribution in [2.75, 3.05) is 27.3 Å². The predicted molar refractivity (Wildman–Crippen MR) is 75.5 cm³/mol. The molecule has 0 aromatic carbocycles. The van der Waals surface area contributed by atoms with Crippen LogP contribution in [0, 0.1) is 5.92 Å². The molecule has 3 heteroatoms. The molecule has 0 rings (SSSR count). The Morgan fingerprint density at radius 1 is 1.18 bits per heavy atom. The van der Waals surface area contributed by atoms with Crippen LogP contribution in [0.15, 0.2) is 0 Å². The second kappa shape index (κ2) is 7.34. The van der Waals surface area contributed by atoms with Gasteiger partial charge in [-0.25, -0.2) is 0 Å². The van der Waals surface area contributed by atoms with E-state index in [2.05, 4.69) is 58.8 Å². The van der Waals surface area contributed by atoms with E-state index in [0.717, 1.165) is 13.2 Å². The number of hydrogen-bond donors (Lipinski definition) is 1. The van der Waals surface area contributed by atoms with Crippen molar-refractivity contribution in [3.05, 3.63) is 0 Å². The fourth-order valence-corrected chi connectivity index (χ4v) is 1.95. The predicted octanol–water partition coefficient (Wildman–Crippen LogP) is 2.37. The summed E-state index contributed by atoms with van der Waals surface area (Å²) in [5.41, 5.74) is 0.179. The number of ether oxygens (including phenoxy) is 1. The molecule has 17 heavy (non-hydrogen) atoms. The smallest absolute Gasteiger partial charge is 0.0615 e. The van der Waals surface area contributed by atoms with E-state index < -0.39 is 0 Å². The molecule has 1 N–H and O–H groups in total. The summed E-state index contributed by atoms with van der Waals surface area (Å²) in [7, 11) is 3.96. The molecule has 0 fully saturated rings. The normalized spacial score (nSPS) is 16.6. The molecule has 2 atom stereocenters. The molecule has 0 amide bonds. The number of nitrogens with zero attached hydrogens (tertiary/aromatic N) is 1. The number of hydrogen-bond acceptors (Lipinski definition) is 3. The first-order valence-electron chi connectivity index (χ1n) is 6.65. The Bertz CT molecular complexity index is 199. The fraction of sp³-hybridized carbons (Fsp3) is 1.00. The zero-order valence-electron chi connectivity index (χ0n) is 13.0. The molecule has 0 aromatic rings. The van der Waals surface area contributed by atoms with E-state index in [1.807, 2.05) is 0 Å². The van der Waals surface area contributed by atoms with E-state index in [4.69, 9.17) is 4.74 Å². The third-order valence-electron chi connectivity index (χ3n) is 3.24. The minimum absolute atomic E-state index is 0.179. The molecule has 0 heterocycles. The quantitative estimate of drug-likeness (QED) is 0.744. The Labute approximate surface area is 108 Å². The molecule has 0 bridgehead atoms. The van der Waals surface area contributed by atoms with E-state index >= 15 is 0 Å². The summed E-state index contributed by atoms with van der Waals surface area (Å²) in [6.07, 6.45) is 0. The van der Waals surface area contributed by atoms with Crippen LogP contribution in [-0.4, -0.2) is 49.8 Å². The highest BCUT2D eigenvalue weighted by Gasteiger charge is 2.24. The minimum Gasteiger partial charge on any atom is -0.383 e. The van der Waals surface area contributed by atoms with Gasteiger partial charge < -0.3 is 10.1 Å². The highest BCUT2D eigenvalue weighted by atomic mass is 16.5. The van der Waals surface area contributed by atoms with Crippen LogP contribution in [0.1, 0.15) is 41.5 Å². The highest BCUT2D eigenvalue weighted by molar-refractivity contribution is 4.82. The Morgan fingerprint density at radius 2 is 1.71 bits per heavy atom. The number of rotatable bonds is 7. The van der Waals surface area contributed by atoms with Crippen molar-refractivity contribution in [3.63, 3.8) is 0 Å². The first-order valence-corrected chi connectivity index (χ1v) is 6.65. The molecule has 0 aliphatic heterocycles. The Balaban J connectivity index is 4.41. The first-order chi connectivity index (χ1) is 7.69. The SMILES string of the molecule is COCC(C)N(C)C(CNC(C)(C)C)C(C)C. The second-order valence-corrected chi connectivity index (χ2v) is 6.41. The lowest BCUT2D eigenvalue weighted by atomic mass is 9.99. The van der Waals surface area contributed by atoms with Crippen molar-refractivity contribution >= 4 is 0 Å². The van der Waals surface area contributed by atoms with Gasteiger partial charge in [0.1, 0.15) is 0 Å². The van der Waals surface area contributed by atoms with Gasteiger partial charge >= 0.3 is 0 Å². The van der Waals surface area contributed by atoms with Crippen LogP contribution >= 0.6 is 0 Å². The molecule has 0 aliphatic carbocycles. The first kappa shape index (κ1) is 16.9. The van der Waals surface area contributed by atoms with Crippen LogP contribution in [-0.2, 0) is 4.74 Å². The van der Waals surface area contributed by atoms with Crippen LogP contribution in [0.5, 0.6) is 0 Å². The number of nitrogens with one attached hydrogen (secondary N) is 1. The van der Waals surface area contributed by atoms with Gasteiger partial charge in [-0.15, -0.1) is 0 Å². The maximum Gasteiger partial charge on any atom is 0.0615 e. The van der Waals surface area contributed by atoms with Gasteiger partial charge in [0.2, 0.25) is 0 Å². The third kappa shape index (κ3) is 7.02.